The summed E-state index contributed by atoms with van der Waals surface area (Å²) in [6, 6.07) is 9.25. The molecule has 0 saturated carbocycles. The molecule has 1 aromatic rings. The van der Waals surface area contributed by atoms with Crippen LogP contribution in [0.15, 0.2) is 35.4 Å². The third kappa shape index (κ3) is 4.14. The molecular weight excluding hydrogens is 284 g/mol. The zero-order valence-corrected chi connectivity index (χ0v) is 12.6. The molecule has 0 aromatic heterocycles. The van der Waals surface area contributed by atoms with E-state index in [0.29, 0.717) is 19.6 Å². The second kappa shape index (κ2) is 8.29. The van der Waals surface area contributed by atoms with Crippen molar-refractivity contribution >= 4 is 18.6 Å². The SMILES string of the molecule is CCOC(=O)N1N=C[C@@H](CCOCc2ccccc2)[C@@H]1C=O. The predicted molar refractivity (Wildman–Crippen MR) is 81.4 cm³/mol. The maximum atomic E-state index is 11.7. The maximum absolute atomic E-state index is 11.7. The van der Waals surface area contributed by atoms with Gasteiger partial charge in [-0.1, -0.05) is 30.3 Å². The summed E-state index contributed by atoms with van der Waals surface area (Å²) in [4.78, 5) is 22.9. The number of aldehydes is 1. The van der Waals surface area contributed by atoms with Gasteiger partial charge in [0, 0.05) is 18.7 Å². The van der Waals surface area contributed by atoms with Gasteiger partial charge >= 0.3 is 6.09 Å². The van der Waals surface area contributed by atoms with E-state index in [-0.39, 0.29) is 12.5 Å². The summed E-state index contributed by atoms with van der Waals surface area (Å²) in [6.07, 6.45) is 2.37. The van der Waals surface area contributed by atoms with Crippen molar-refractivity contribution in [2.75, 3.05) is 13.2 Å². The van der Waals surface area contributed by atoms with E-state index in [1.54, 1.807) is 13.1 Å². The van der Waals surface area contributed by atoms with E-state index in [1.165, 1.54) is 0 Å². The lowest BCUT2D eigenvalue weighted by atomic mass is 10.00. The van der Waals surface area contributed by atoms with Crippen molar-refractivity contribution in [1.29, 1.82) is 0 Å². The van der Waals surface area contributed by atoms with Crippen LogP contribution in [0.1, 0.15) is 18.9 Å². The summed E-state index contributed by atoms with van der Waals surface area (Å²) in [5.74, 6) is -0.141. The summed E-state index contributed by atoms with van der Waals surface area (Å²) in [6.45, 7) is 2.98. The molecule has 0 saturated heterocycles. The molecule has 0 spiro atoms. The highest BCUT2D eigenvalue weighted by Crippen LogP contribution is 2.20. The third-order valence-electron chi connectivity index (χ3n) is 3.40. The van der Waals surface area contributed by atoms with E-state index in [4.69, 9.17) is 9.47 Å². The Balaban J connectivity index is 1.77. The average molecular weight is 304 g/mol. The number of carbonyl (C=O) groups is 2. The number of hydrogen-bond acceptors (Lipinski definition) is 5. The monoisotopic (exact) mass is 304 g/mol. The first-order valence-electron chi connectivity index (χ1n) is 7.33. The van der Waals surface area contributed by atoms with Gasteiger partial charge in [0.25, 0.3) is 0 Å². The number of hydrogen-bond donors (Lipinski definition) is 0. The lowest BCUT2D eigenvalue weighted by Crippen LogP contribution is -2.38. The largest absolute Gasteiger partial charge is 0.448 e. The molecule has 1 heterocycles. The molecule has 0 bridgehead atoms. The van der Waals surface area contributed by atoms with Gasteiger partial charge in [-0.3, -0.25) is 0 Å². The third-order valence-corrected chi connectivity index (χ3v) is 3.40. The second-order valence-electron chi connectivity index (χ2n) is 4.93. The number of benzene rings is 1. The highest BCUT2D eigenvalue weighted by atomic mass is 16.6. The van der Waals surface area contributed by atoms with Crippen LogP contribution < -0.4 is 0 Å². The first kappa shape index (κ1) is 16.2. The molecule has 0 N–H and O–H groups in total. The molecule has 0 fully saturated rings. The maximum Gasteiger partial charge on any atom is 0.431 e. The van der Waals surface area contributed by atoms with E-state index in [1.807, 2.05) is 30.3 Å². The fraction of sp³-hybridized carbons (Fsp3) is 0.438. The molecule has 0 radical (unpaired) electrons. The van der Waals surface area contributed by atoms with Crippen molar-refractivity contribution in [2.24, 2.45) is 11.0 Å². The van der Waals surface area contributed by atoms with Gasteiger partial charge in [-0.25, -0.2) is 4.79 Å². The molecule has 2 rings (SSSR count). The molecule has 2 atom stereocenters. The number of carbonyl (C=O) groups excluding carboxylic acids is 2. The van der Waals surface area contributed by atoms with Gasteiger partial charge in [-0.15, -0.1) is 0 Å². The number of rotatable bonds is 7. The van der Waals surface area contributed by atoms with Gasteiger partial charge in [0.05, 0.1) is 13.2 Å². The van der Waals surface area contributed by atoms with Gasteiger partial charge in [0.1, 0.15) is 12.3 Å². The van der Waals surface area contributed by atoms with Crippen LogP contribution in [-0.2, 0) is 20.9 Å². The Morgan fingerprint density at radius 1 is 1.36 bits per heavy atom. The minimum Gasteiger partial charge on any atom is -0.448 e. The zero-order chi connectivity index (χ0) is 15.8. The van der Waals surface area contributed by atoms with Crippen LogP contribution in [0.3, 0.4) is 0 Å². The Morgan fingerprint density at radius 2 is 2.14 bits per heavy atom. The minimum atomic E-state index is -0.612. The van der Waals surface area contributed by atoms with Gasteiger partial charge in [-0.2, -0.15) is 10.1 Å². The van der Waals surface area contributed by atoms with Gasteiger partial charge < -0.3 is 14.3 Å². The smallest absolute Gasteiger partial charge is 0.431 e. The number of hydrazone groups is 1. The Hall–Kier alpha value is -2.21. The molecule has 0 aliphatic carbocycles. The van der Waals surface area contributed by atoms with Crippen LogP contribution in [0.25, 0.3) is 0 Å². The van der Waals surface area contributed by atoms with Crippen molar-refractivity contribution in [3.8, 4) is 0 Å². The van der Waals surface area contributed by atoms with Crippen molar-refractivity contribution in [1.82, 2.24) is 5.01 Å². The molecule has 6 heteroatoms. The van der Waals surface area contributed by atoms with E-state index >= 15 is 0 Å². The standard InChI is InChI=1S/C16H20N2O4/c1-2-22-16(20)18-15(11-19)14(10-17-18)8-9-21-12-13-6-4-3-5-7-13/h3-7,10-11,14-15H,2,8-9,12H2,1H3/t14-,15+/m1/s1. The number of amides is 1. The number of ether oxygens (including phenoxy) is 2. The molecule has 1 aliphatic rings. The summed E-state index contributed by atoms with van der Waals surface area (Å²) in [7, 11) is 0. The van der Waals surface area contributed by atoms with Crippen molar-refractivity contribution in [2.45, 2.75) is 26.0 Å². The molecule has 1 aliphatic heterocycles. The molecule has 1 amide bonds. The van der Waals surface area contributed by atoms with Gasteiger partial charge in [0.15, 0.2) is 0 Å². The Morgan fingerprint density at radius 3 is 2.82 bits per heavy atom. The van der Waals surface area contributed by atoms with Crippen LogP contribution in [-0.4, -0.2) is 42.9 Å². The summed E-state index contributed by atoms with van der Waals surface area (Å²) < 4.78 is 10.5. The molecule has 0 unspecified atom stereocenters. The highest BCUT2D eigenvalue weighted by molar-refractivity contribution is 5.81. The quantitative estimate of drug-likeness (QED) is 0.572. The highest BCUT2D eigenvalue weighted by Gasteiger charge is 2.35. The van der Waals surface area contributed by atoms with Crippen LogP contribution >= 0.6 is 0 Å². The second-order valence-corrected chi connectivity index (χ2v) is 4.93. The molecule has 6 nitrogen and oxygen atoms in total. The lowest BCUT2D eigenvalue weighted by Gasteiger charge is -2.20. The first-order valence-corrected chi connectivity index (χ1v) is 7.33. The molecule has 1 aromatic carbocycles. The van der Waals surface area contributed by atoms with Gasteiger partial charge in [0.2, 0.25) is 0 Å². The molecule has 22 heavy (non-hydrogen) atoms. The molecular formula is C16H20N2O4. The van der Waals surface area contributed by atoms with Gasteiger partial charge in [-0.05, 0) is 18.9 Å². The van der Waals surface area contributed by atoms with Crippen molar-refractivity contribution in [3.63, 3.8) is 0 Å². The fourth-order valence-electron chi connectivity index (χ4n) is 2.25. The van der Waals surface area contributed by atoms with Crippen LogP contribution in [0.5, 0.6) is 0 Å². The van der Waals surface area contributed by atoms with Crippen molar-refractivity contribution in [3.05, 3.63) is 35.9 Å². The van der Waals surface area contributed by atoms with Crippen LogP contribution in [0.4, 0.5) is 4.79 Å². The lowest BCUT2D eigenvalue weighted by molar-refractivity contribution is -0.112. The van der Waals surface area contributed by atoms with E-state index < -0.39 is 12.1 Å². The Bertz CT molecular complexity index is 518. The normalized spacial score (nSPS) is 20.1. The topological polar surface area (TPSA) is 68.2 Å². The summed E-state index contributed by atoms with van der Waals surface area (Å²) in [5.41, 5.74) is 1.10. The zero-order valence-electron chi connectivity index (χ0n) is 12.6. The van der Waals surface area contributed by atoms with Crippen LogP contribution in [0, 0.1) is 5.92 Å². The average Bonchev–Trinajstić information content (AvgIpc) is 2.96. The first-order chi connectivity index (χ1) is 10.8. The Kier molecular flexibility index (Phi) is 6.09. The fourth-order valence-corrected chi connectivity index (χ4v) is 2.25. The van der Waals surface area contributed by atoms with E-state index in [2.05, 4.69) is 5.10 Å². The minimum absolute atomic E-state index is 0.141. The predicted octanol–water partition coefficient (Wildman–Crippen LogP) is 2.23. The summed E-state index contributed by atoms with van der Waals surface area (Å²) >= 11 is 0. The van der Waals surface area contributed by atoms with E-state index in [9.17, 15) is 9.59 Å². The number of nitrogens with zero attached hydrogens (tertiary/aromatic N) is 2. The summed E-state index contributed by atoms with van der Waals surface area (Å²) in [5, 5.41) is 5.07. The molecule has 118 valence electrons. The Labute approximate surface area is 129 Å². The van der Waals surface area contributed by atoms with E-state index in [0.717, 1.165) is 16.9 Å². The van der Waals surface area contributed by atoms with Crippen molar-refractivity contribution < 1.29 is 19.1 Å². The van der Waals surface area contributed by atoms with Crippen LogP contribution in [0.2, 0.25) is 0 Å².